The maximum Gasteiger partial charge on any atom is 0.0778 e. The molecule has 0 saturated heterocycles. The average molecular weight is 294 g/mol. The zero-order valence-electron chi connectivity index (χ0n) is 8.13. The first kappa shape index (κ1) is 13.7. The zero-order valence-corrected chi connectivity index (χ0v) is 11.2. The summed E-state index contributed by atoms with van der Waals surface area (Å²) in [5, 5.41) is 2.19. The summed E-state index contributed by atoms with van der Waals surface area (Å²) in [6, 6.07) is 14.6. The number of benzene rings is 2. The molecule has 0 saturated carbocycles. The van der Waals surface area contributed by atoms with Gasteiger partial charge < -0.3 is 0 Å². The first-order chi connectivity index (χ1) is 7.61. The molecular weight excluding hydrogens is 286 g/mol. The molecule has 2 rings (SSSR count). The smallest absolute Gasteiger partial charge is 0.0778 e. The number of halogens is 4. The summed E-state index contributed by atoms with van der Waals surface area (Å²) in [5.41, 5.74) is 0. The molecule has 0 aliphatic carbocycles. The third-order valence-corrected chi connectivity index (χ3v) is 3.12. The Bertz CT molecular complexity index is 420. The fourth-order valence-electron chi connectivity index (χ4n) is 0.892. The van der Waals surface area contributed by atoms with E-state index < -0.39 is 0 Å². The number of hydrogen-bond donors (Lipinski definition) is 0. The summed E-state index contributed by atoms with van der Waals surface area (Å²) in [5.74, 6) is 0. The summed E-state index contributed by atoms with van der Waals surface area (Å²) in [6.45, 7) is 0. The molecule has 16 heavy (non-hydrogen) atoms. The summed E-state index contributed by atoms with van der Waals surface area (Å²) in [7, 11) is 0. The molecule has 0 amide bonds. The van der Waals surface area contributed by atoms with Gasteiger partial charge in [-0.3, -0.25) is 0 Å². The number of hydrogen-bond acceptors (Lipinski definition) is 0. The van der Waals surface area contributed by atoms with E-state index in [4.69, 9.17) is 46.4 Å². The van der Waals surface area contributed by atoms with Crippen molar-refractivity contribution < 1.29 is 0 Å². The van der Waals surface area contributed by atoms with Gasteiger partial charge in [0.1, 0.15) is 0 Å². The van der Waals surface area contributed by atoms with Crippen LogP contribution in [-0.2, 0) is 0 Å². The van der Waals surface area contributed by atoms with Crippen molar-refractivity contribution in [3.63, 3.8) is 0 Å². The van der Waals surface area contributed by atoms with Gasteiger partial charge in [-0.05, 0) is 24.3 Å². The lowest BCUT2D eigenvalue weighted by Gasteiger charge is -1.94. The molecule has 0 aliphatic rings. The van der Waals surface area contributed by atoms with Gasteiger partial charge in [-0.15, -0.1) is 0 Å². The summed E-state index contributed by atoms with van der Waals surface area (Å²) < 4.78 is 0. The van der Waals surface area contributed by atoms with E-state index in [-0.39, 0.29) is 0 Å². The van der Waals surface area contributed by atoms with E-state index in [1.807, 2.05) is 30.3 Å². The molecule has 0 aromatic heterocycles. The van der Waals surface area contributed by atoms with Gasteiger partial charge in [0.05, 0.1) is 15.1 Å². The SMILES string of the molecule is Clc1cccc(Cl)c1Cl.Clc1ccccc1. The van der Waals surface area contributed by atoms with Crippen LogP contribution < -0.4 is 0 Å². The van der Waals surface area contributed by atoms with E-state index in [2.05, 4.69) is 0 Å². The molecule has 0 spiro atoms. The largest absolute Gasteiger partial charge is 0.0843 e. The Balaban J connectivity index is 0.000000165. The molecule has 84 valence electrons. The third-order valence-electron chi connectivity index (χ3n) is 1.64. The predicted octanol–water partition coefficient (Wildman–Crippen LogP) is 5.99. The van der Waals surface area contributed by atoms with Crippen LogP contribution in [0.25, 0.3) is 0 Å². The predicted molar refractivity (Wildman–Crippen MR) is 72.9 cm³/mol. The van der Waals surface area contributed by atoms with Gasteiger partial charge in [-0.2, -0.15) is 0 Å². The molecule has 4 heteroatoms. The molecule has 0 N–H and O–H groups in total. The standard InChI is InChI=1S/C6H3Cl3.C6H5Cl/c7-4-2-1-3-5(8)6(4)9;7-6-4-2-1-3-5-6/h1-3H;1-5H. The molecule has 0 aliphatic heterocycles. The van der Waals surface area contributed by atoms with Gasteiger partial charge in [0, 0.05) is 5.02 Å². The van der Waals surface area contributed by atoms with Crippen LogP contribution in [0, 0.1) is 0 Å². The van der Waals surface area contributed by atoms with Crippen LogP contribution in [0.1, 0.15) is 0 Å². The maximum absolute atomic E-state index is 5.61. The molecule has 0 radical (unpaired) electrons. The van der Waals surface area contributed by atoms with Crippen LogP contribution in [0.15, 0.2) is 48.5 Å². The van der Waals surface area contributed by atoms with E-state index in [0.29, 0.717) is 15.1 Å². The van der Waals surface area contributed by atoms with Crippen molar-refractivity contribution in [3.05, 3.63) is 68.6 Å². The second-order valence-electron chi connectivity index (χ2n) is 2.83. The Kier molecular flexibility index (Phi) is 6.00. The van der Waals surface area contributed by atoms with Crippen molar-refractivity contribution in [1.82, 2.24) is 0 Å². The van der Waals surface area contributed by atoms with E-state index in [9.17, 15) is 0 Å². The first-order valence-corrected chi connectivity index (χ1v) is 5.92. The molecule has 2 aromatic carbocycles. The average Bonchev–Trinajstić information content (AvgIpc) is 2.28. The molecule has 2 aromatic rings. The van der Waals surface area contributed by atoms with Crippen LogP contribution in [0.3, 0.4) is 0 Å². The van der Waals surface area contributed by atoms with E-state index in [0.717, 1.165) is 5.02 Å². The second kappa shape index (κ2) is 7.03. The van der Waals surface area contributed by atoms with E-state index in [1.54, 1.807) is 18.2 Å². The normalized spacial score (nSPS) is 9.25. The summed E-state index contributed by atoms with van der Waals surface area (Å²) >= 11 is 22.3. The Morgan fingerprint density at radius 2 is 1.06 bits per heavy atom. The van der Waals surface area contributed by atoms with Crippen LogP contribution in [-0.4, -0.2) is 0 Å². The highest BCUT2D eigenvalue weighted by Crippen LogP contribution is 2.28. The Labute approximate surface area is 115 Å². The highest BCUT2D eigenvalue weighted by Gasteiger charge is 1.98. The quantitative estimate of drug-likeness (QED) is 0.524. The fraction of sp³-hybridized carbons (Fsp3) is 0. The Morgan fingerprint density at radius 3 is 1.38 bits per heavy atom. The molecule has 0 atom stereocenters. The molecule has 0 unspecified atom stereocenters. The summed E-state index contributed by atoms with van der Waals surface area (Å²) in [4.78, 5) is 0. The molecule has 0 heterocycles. The van der Waals surface area contributed by atoms with Crippen molar-refractivity contribution >= 4 is 46.4 Å². The monoisotopic (exact) mass is 292 g/mol. The van der Waals surface area contributed by atoms with Gasteiger partial charge in [-0.25, -0.2) is 0 Å². The molecule has 0 bridgehead atoms. The van der Waals surface area contributed by atoms with Crippen molar-refractivity contribution in [2.75, 3.05) is 0 Å². The fourth-order valence-corrected chi connectivity index (χ4v) is 1.56. The second-order valence-corrected chi connectivity index (χ2v) is 4.46. The molecule has 0 nitrogen and oxygen atoms in total. The van der Waals surface area contributed by atoms with Crippen LogP contribution in [0.2, 0.25) is 20.1 Å². The van der Waals surface area contributed by atoms with Gasteiger partial charge in [0.15, 0.2) is 0 Å². The van der Waals surface area contributed by atoms with Crippen LogP contribution in [0.4, 0.5) is 0 Å². The number of rotatable bonds is 0. The van der Waals surface area contributed by atoms with E-state index >= 15 is 0 Å². The lowest BCUT2D eigenvalue weighted by molar-refractivity contribution is 1.70. The van der Waals surface area contributed by atoms with Crippen molar-refractivity contribution in [3.8, 4) is 0 Å². The van der Waals surface area contributed by atoms with Gasteiger partial charge in [-0.1, -0.05) is 70.7 Å². The lowest BCUT2D eigenvalue weighted by atomic mass is 10.4. The van der Waals surface area contributed by atoms with Crippen molar-refractivity contribution in [2.24, 2.45) is 0 Å². The zero-order chi connectivity index (χ0) is 12.0. The highest BCUT2D eigenvalue weighted by molar-refractivity contribution is 6.47. The molecular formula is C12H8Cl4. The molecule has 0 fully saturated rings. The lowest BCUT2D eigenvalue weighted by Crippen LogP contribution is -1.67. The van der Waals surface area contributed by atoms with Crippen molar-refractivity contribution in [2.45, 2.75) is 0 Å². The minimum atomic E-state index is 0.417. The van der Waals surface area contributed by atoms with Gasteiger partial charge in [0.2, 0.25) is 0 Å². The van der Waals surface area contributed by atoms with Gasteiger partial charge >= 0.3 is 0 Å². The minimum Gasteiger partial charge on any atom is -0.0843 e. The third kappa shape index (κ3) is 4.63. The van der Waals surface area contributed by atoms with E-state index in [1.165, 1.54) is 0 Å². The Morgan fingerprint density at radius 1 is 0.562 bits per heavy atom. The Hall–Kier alpha value is -0.400. The topological polar surface area (TPSA) is 0 Å². The summed E-state index contributed by atoms with van der Waals surface area (Å²) in [6.07, 6.45) is 0. The first-order valence-electron chi connectivity index (χ1n) is 4.41. The van der Waals surface area contributed by atoms with Crippen LogP contribution in [0.5, 0.6) is 0 Å². The van der Waals surface area contributed by atoms with Crippen molar-refractivity contribution in [1.29, 1.82) is 0 Å². The van der Waals surface area contributed by atoms with Gasteiger partial charge in [0.25, 0.3) is 0 Å². The minimum absolute atomic E-state index is 0.417. The highest BCUT2D eigenvalue weighted by atomic mass is 35.5. The van der Waals surface area contributed by atoms with Crippen LogP contribution >= 0.6 is 46.4 Å². The maximum atomic E-state index is 5.61.